The minimum Gasteiger partial charge on any atom is -0.382 e. The Bertz CT molecular complexity index is 213. The second-order valence-corrected chi connectivity index (χ2v) is 8.07. The van der Waals surface area contributed by atoms with Gasteiger partial charge in [-0.2, -0.15) is 0 Å². The van der Waals surface area contributed by atoms with Crippen molar-refractivity contribution in [1.29, 1.82) is 0 Å². The van der Waals surface area contributed by atoms with Crippen molar-refractivity contribution in [3.8, 4) is 0 Å². The first-order valence-electron chi connectivity index (χ1n) is 7.03. The third-order valence-electron chi connectivity index (χ3n) is 5.02. The summed E-state index contributed by atoms with van der Waals surface area (Å²) in [5.74, 6) is 3.42. The highest BCUT2D eigenvalue weighted by molar-refractivity contribution is 6.37. The van der Waals surface area contributed by atoms with Crippen LogP contribution in [0.1, 0.15) is 44.9 Å². The molecule has 0 aromatic carbocycles. The Kier molecular flexibility index (Phi) is 3.16. The number of hydrogen-bond acceptors (Lipinski definition) is 1. The van der Waals surface area contributed by atoms with Gasteiger partial charge < -0.3 is 4.74 Å². The summed E-state index contributed by atoms with van der Waals surface area (Å²) in [5.41, 5.74) is 0.762. The lowest BCUT2D eigenvalue weighted by Crippen LogP contribution is -2.27. The van der Waals surface area contributed by atoms with E-state index in [0.717, 1.165) is 30.1 Å². The second-order valence-electron chi connectivity index (χ2n) is 6.00. The molecule has 0 aromatic rings. The van der Waals surface area contributed by atoms with E-state index in [1.807, 2.05) is 0 Å². The Morgan fingerprint density at radius 3 is 2.73 bits per heavy atom. The van der Waals surface area contributed by atoms with E-state index in [-0.39, 0.29) is 9.52 Å². The minimum absolute atomic E-state index is 0.0933. The van der Waals surface area contributed by atoms with Gasteiger partial charge in [0.25, 0.3) is 0 Å². The normalized spacial score (nSPS) is 45.6. The van der Waals surface area contributed by atoms with E-state index in [9.17, 15) is 0 Å². The molecular weight excluding hydrogens is 200 g/mol. The van der Waals surface area contributed by atoms with Crippen LogP contribution < -0.4 is 0 Å². The van der Waals surface area contributed by atoms with Crippen LogP contribution in [-0.4, -0.2) is 21.9 Å². The summed E-state index contributed by atoms with van der Waals surface area (Å²) in [7, 11) is 0.0933. The fourth-order valence-corrected chi connectivity index (χ4v) is 6.58. The van der Waals surface area contributed by atoms with Gasteiger partial charge in [0, 0.05) is 12.3 Å². The first-order valence-corrected chi connectivity index (χ1v) is 8.85. The van der Waals surface area contributed by atoms with Gasteiger partial charge in [0.15, 0.2) is 0 Å². The summed E-state index contributed by atoms with van der Waals surface area (Å²) in [6.45, 7) is 1.06. The van der Waals surface area contributed by atoms with Crippen LogP contribution in [0.2, 0.25) is 6.04 Å². The monoisotopic (exact) mass is 224 g/mol. The van der Waals surface area contributed by atoms with E-state index in [1.54, 1.807) is 31.7 Å². The van der Waals surface area contributed by atoms with Crippen LogP contribution in [0.15, 0.2) is 0 Å². The SMILES string of the molecule is C1CCC([SiH2]CC2CC3CCC2C3)OC1. The molecule has 4 atom stereocenters. The molecule has 0 aromatic heterocycles. The predicted molar refractivity (Wildman–Crippen MR) is 65.9 cm³/mol. The highest BCUT2D eigenvalue weighted by atomic mass is 28.2. The van der Waals surface area contributed by atoms with Gasteiger partial charge in [-0.3, -0.25) is 0 Å². The number of ether oxygens (including phenoxy) is 1. The summed E-state index contributed by atoms with van der Waals surface area (Å²) >= 11 is 0. The Hall–Kier alpha value is 0.177. The summed E-state index contributed by atoms with van der Waals surface area (Å²) in [5, 5.41) is 0. The Morgan fingerprint density at radius 2 is 2.07 bits per heavy atom. The van der Waals surface area contributed by atoms with Crippen molar-refractivity contribution in [2.24, 2.45) is 17.8 Å². The van der Waals surface area contributed by atoms with Crippen LogP contribution in [0.4, 0.5) is 0 Å². The van der Waals surface area contributed by atoms with Crippen LogP contribution in [0, 0.1) is 17.8 Å². The zero-order valence-corrected chi connectivity index (χ0v) is 11.2. The molecule has 4 unspecified atom stereocenters. The Morgan fingerprint density at radius 1 is 1.07 bits per heavy atom. The van der Waals surface area contributed by atoms with Gasteiger partial charge in [-0.1, -0.05) is 12.5 Å². The predicted octanol–water partition coefficient (Wildman–Crippen LogP) is 2.54. The van der Waals surface area contributed by atoms with Gasteiger partial charge in [0.1, 0.15) is 0 Å². The highest BCUT2D eigenvalue weighted by Gasteiger charge is 2.39. The summed E-state index contributed by atoms with van der Waals surface area (Å²) < 4.78 is 5.88. The van der Waals surface area contributed by atoms with E-state index >= 15 is 0 Å². The van der Waals surface area contributed by atoms with Gasteiger partial charge in [-0.25, -0.2) is 0 Å². The topological polar surface area (TPSA) is 9.23 Å². The van der Waals surface area contributed by atoms with E-state index < -0.39 is 0 Å². The molecule has 2 bridgehead atoms. The first kappa shape index (κ1) is 10.3. The molecule has 0 spiro atoms. The maximum atomic E-state index is 5.88. The second kappa shape index (κ2) is 4.58. The molecule has 0 N–H and O–H groups in total. The van der Waals surface area contributed by atoms with Crippen LogP contribution in [0.3, 0.4) is 0 Å². The molecule has 0 amide bonds. The summed E-state index contributed by atoms with van der Waals surface area (Å²) in [6.07, 6.45) is 10.5. The first-order chi connectivity index (χ1) is 7.42. The third kappa shape index (κ3) is 2.31. The van der Waals surface area contributed by atoms with Crippen molar-refractivity contribution in [2.75, 3.05) is 6.61 Å². The molecule has 2 aliphatic carbocycles. The van der Waals surface area contributed by atoms with E-state index in [4.69, 9.17) is 4.74 Å². The average molecular weight is 224 g/mol. The average Bonchev–Trinajstić information content (AvgIpc) is 2.89. The zero-order chi connectivity index (χ0) is 10.1. The van der Waals surface area contributed by atoms with Crippen molar-refractivity contribution in [3.63, 3.8) is 0 Å². The van der Waals surface area contributed by atoms with E-state index in [1.165, 1.54) is 19.3 Å². The fourth-order valence-electron chi connectivity index (χ4n) is 4.17. The minimum atomic E-state index is 0.0933. The van der Waals surface area contributed by atoms with Crippen molar-refractivity contribution in [3.05, 3.63) is 0 Å². The molecule has 1 saturated heterocycles. The summed E-state index contributed by atoms with van der Waals surface area (Å²) in [6, 6.07) is 1.60. The van der Waals surface area contributed by atoms with Crippen LogP contribution >= 0.6 is 0 Å². The van der Waals surface area contributed by atoms with Crippen molar-refractivity contribution >= 4 is 9.52 Å². The van der Waals surface area contributed by atoms with Gasteiger partial charge in [-0.15, -0.1) is 0 Å². The zero-order valence-electron chi connectivity index (χ0n) is 9.79. The molecule has 86 valence electrons. The molecule has 1 nitrogen and oxygen atoms in total. The lowest BCUT2D eigenvalue weighted by molar-refractivity contribution is 0.0645. The van der Waals surface area contributed by atoms with Crippen molar-refractivity contribution in [1.82, 2.24) is 0 Å². The third-order valence-corrected chi connectivity index (χ3v) is 7.38. The Balaban J connectivity index is 1.42. The standard InChI is InChI=1S/C13H24OSi/c1-2-6-14-13(3-1)15-9-12-8-10-4-5-11(12)7-10/h10-13H,1-9,15H2. The molecule has 1 aliphatic heterocycles. The maximum Gasteiger partial charge on any atom is 0.0558 e. The smallest absolute Gasteiger partial charge is 0.0558 e. The maximum absolute atomic E-state index is 5.88. The van der Waals surface area contributed by atoms with Crippen molar-refractivity contribution < 1.29 is 4.74 Å². The highest BCUT2D eigenvalue weighted by Crippen LogP contribution is 2.49. The van der Waals surface area contributed by atoms with Crippen molar-refractivity contribution in [2.45, 2.75) is 56.7 Å². The van der Waals surface area contributed by atoms with Crippen LogP contribution in [0.25, 0.3) is 0 Å². The number of hydrogen-bond donors (Lipinski definition) is 0. The molecule has 2 heteroatoms. The molecule has 2 saturated carbocycles. The molecule has 3 aliphatic rings. The van der Waals surface area contributed by atoms with E-state index in [2.05, 4.69) is 0 Å². The molecular formula is C13H24OSi. The van der Waals surface area contributed by atoms with Gasteiger partial charge in [0.2, 0.25) is 0 Å². The fraction of sp³-hybridized carbons (Fsp3) is 1.00. The molecule has 15 heavy (non-hydrogen) atoms. The van der Waals surface area contributed by atoms with Crippen LogP contribution in [-0.2, 0) is 4.74 Å². The van der Waals surface area contributed by atoms with Crippen LogP contribution in [0.5, 0.6) is 0 Å². The summed E-state index contributed by atoms with van der Waals surface area (Å²) in [4.78, 5) is 0. The lowest BCUT2D eigenvalue weighted by atomic mass is 9.90. The lowest BCUT2D eigenvalue weighted by Gasteiger charge is -2.26. The quantitative estimate of drug-likeness (QED) is 0.670. The Labute approximate surface area is 95.8 Å². The van der Waals surface area contributed by atoms with E-state index in [0.29, 0.717) is 0 Å². The van der Waals surface area contributed by atoms with Gasteiger partial charge in [0.05, 0.1) is 9.52 Å². The molecule has 3 rings (SSSR count). The molecule has 3 fully saturated rings. The largest absolute Gasteiger partial charge is 0.382 e. The van der Waals surface area contributed by atoms with Gasteiger partial charge in [-0.05, 0) is 56.3 Å². The van der Waals surface area contributed by atoms with Gasteiger partial charge >= 0.3 is 0 Å². The number of fused-ring (bicyclic) bond motifs is 2. The number of rotatable bonds is 3. The molecule has 0 radical (unpaired) electrons. The molecule has 1 heterocycles.